The number of anilines is 1. The Morgan fingerprint density at radius 1 is 1.20 bits per heavy atom. The van der Waals surface area contributed by atoms with Gasteiger partial charge in [0.1, 0.15) is 5.69 Å². The minimum Gasteiger partial charge on any atom is -0.396 e. The number of piperidine rings is 1. The van der Waals surface area contributed by atoms with E-state index in [-0.39, 0.29) is 11.4 Å². The molecule has 0 spiro atoms. The Morgan fingerprint density at radius 3 is 2.54 bits per heavy atom. The third-order valence-corrected chi connectivity index (χ3v) is 5.86. The average Bonchev–Trinajstić information content (AvgIpc) is 3.73. The molecule has 0 atom stereocenters. The lowest BCUT2D eigenvalue weighted by Gasteiger charge is -2.31. The Bertz CT molecular complexity index is 1180. The molecule has 3 N–H and O–H groups in total. The second kappa shape index (κ2) is 11.9. The number of nitriles is 1. The van der Waals surface area contributed by atoms with Gasteiger partial charge >= 0.3 is 0 Å². The van der Waals surface area contributed by atoms with E-state index >= 15 is 0 Å². The fourth-order valence-corrected chi connectivity index (χ4v) is 4.04. The maximum Gasteiger partial charge on any atom is 0.169 e. The van der Waals surface area contributed by atoms with Crippen molar-refractivity contribution in [2.24, 2.45) is 0 Å². The highest BCUT2D eigenvalue weighted by Gasteiger charge is 2.25. The first-order valence-electron chi connectivity index (χ1n) is 11.6. The number of hydrogen-bond acceptors (Lipinski definition) is 6. The first-order chi connectivity index (χ1) is 17.0. The zero-order valence-corrected chi connectivity index (χ0v) is 19.9. The zero-order valence-electron chi connectivity index (χ0n) is 19.9. The average molecular weight is 477 g/mol. The molecule has 0 radical (unpaired) electrons. The Hall–Kier alpha value is -3.99. The number of aromatic nitrogens is 2. The van der Waals surface area contributed by atoms with Crippen molar-refractivity contribution in [3.63, 3.8) is 0 Å². The maximum atomic E-state index is 14.4. The highest BCUT2D eigenvalue weighted by Crippen LogP contribution is 2.37. The monoisotopic (exact) mass is 476 g/mol. The molecule has 2 fully saturated rings. The summed E-state index contributed by atoms with van der Waals surface area (Å²) >= 11 is 0. The SMILES string of the molecule is C#N.C=C/C(NC(=C1CC1)c1nc(-c2cccc(F)c2F)ncc1N)=C(\C=C/C)N1CCCCC1. The number of nitrogens with zero attached hydrogens (tertiary/aromatic N) is 4. The van der Waals surface area contributed by atoms with Crippen LogP contribution in [0.4, 0.5) is 14.5 Å². The third kappa shape index (κ3) is 5.93. The van der Waals surface area contributed by atoms with Crippen LogP contribution < -0.4 is 11.1 Å². The van der Waals surface area contributed by atoms with E-state index in [1.54, 1.807) is 6.08 Å². The molecule has 1 aliphatic heterocycles. The van der Waals surface area contributed by atoms with Crippen LogP contribution in [0.2, 0.25) is 0 Å². The summed E-state index contributed by atoms with van der Waals surface area (Å²) in [5.74, 6) is -1.83. The molecule has 6 nitrogen and oxygen atoms in total. The van der Waals surface area contributed by atoms with E-state index in [0.29, 0.717) is 11.4 Å². The number of halogens is 2. The highest BCUT2D eigenvalue weighted by atomic mass is 19.2. The number of hydrogen-bond donors (Lipinski definition) is 2. The maximum absolute atomic E-state index is 14.4. The molecule has 0 unspecified atom stereocenters. The summed E-state index contributed by atoms with van der Waals surface area (Å²) in [5, 5.41) is 10.0. The van der Waals surface area contributed by atoms with Crippen LogP contribution in [0.25, 0.3) is 17.1 Å². The molecule has 4 rings (SSSR count). The topological polar surface area (TPSA) is 90.9 Å². The van der Waals surface area contributed by atoms with Crippen LogP contribution in [0.3, 0.4) is 0 Å². The van der Waals surface area contributed by atoms with E-state index in [2.05, 4.69) is 39.4 Å². The van der Waals surface area contributed by atoms with Crippen LogP contribution in [0.1, 0.15) is 44.7 Å². The second-order valence-corrected chi connectivity index (χ2v) is 8.25. The lowest BCUT2D eigenvalue weighted by atomic mass is 10.1. The van der Waals surface area contributed by atoms with Gasteiger partial charge in [-0.05, 0) is 68.9 Å². The number of rotatable bonds is 7. The Morgan fingerprint density at radius 2 is 1.91 bits per heavy atom. The molecule has 1 saturated carbocycles. The highest BCUT2D eigenvalue weighted by molar-refractivity contribution is 5.77. The number of nitrogen functional groups attached to an aromatic ring is 1. The van der Waals surface area contributed by atoms with E-state index in [9.17, 15) is 8.78 Å². The molecule has 0 amide bonds. The zero-order chi connectivity index (χ0) is 25.4. The standard InChI is InChI=1S/C26H29F2N5.CHN/c1-3-9-22(33-14-6-5-7-15-33)21(4-2)31-24(17-12-13-17)25-20(29)16-30-26(32-25)18-10-8-11-19(27)23(18)28;1-2/h3-4,8-11,16,31H,2,5-7,12-15,29H2,1H3;1H/b9-3-,22-21-;. The normalized spacial score (nSPS) is 15.7. The van der Waals surface area contributed by atoms with Gasteiger partial charge in [-0.25, -0.2) is 24.0 Å². The van der Waals surface area contributed by atoms with Gasteiger partial charge in [-0.15, -0.1) is 0 Å². The molecule has 2 aromatic rings. The van der Waals surface area contributed by atoms with Crippen LogP contribution >= 0.6 is 0 Å². The van der Waals surface area contributed by atoms with Crippen LogP contribution in [-0.4, -0.2) is 28.0 Å². The van der Waals surface area contributed by atoms with Gasteiger partial charge in [-0.3, -0.25) is 0 Å². The molecule has 2 heterocycles. The van der Waals surface area contributed by atoms with Crippen LogP contribution in [0.5, 0.6) is 0 Å². The predicted molar refractivity (Wildman–Crippen MR) is 135 cm³/mol. The van der Waals surface area contributed by atoms with Crippen LogP contribution in [0, 0.1) is 23.5 Å². The first kappa shape index (κ1) is 25.6. The van der Waals surface area contributed by atoms with Gasteiger partial charge in [0.15, 0.2) is 17.5 Å². The number of allylic oxidation sites excluding steroid dienone is 4. The summed E-state index contributed by atoms with van der Waals surface area (Å²) in [6, 6.07) is 3.97. The van der Waals surface area contributed by atoms with Crippen molar-refractivity contribution >= 4 is 11.4 Å². The predicted octanol–water partition coefficient (Wildman–Crippen LogP) is 5.70. The lowest BCUT2D eigenvalue weighted by Crippen LogP contribution is -2.31. The van der Waals surface area contributed by atoms with E-state index in [4.69, 9.17) is 11.0 Å². The van der Waals surface area contributed by atoms with Crippen molar-refractivity contribution in [2.75, 3.05) is 18.8 Å². The summed E-state index contributed by atoms with van der Waals surface area (Å²) in [6.07, 6.45) is 12.7. The Kier molecular flexibility index (Phi) is 8.74. The van der Waals surface area contributed by atoms with Gasteiger partial charge in [0.2, 0.25) is 0 Å². The van der Waals surface area contributed by atoms with Gasteiger partial charge < -0.3 is 16.0 Å². The Balaban J connectivity index is 0.00000167. The second-order valence-electron chi connectivity index (χ2n) is 8.25. The van der Waals surface area contributed by atoms with Crippen LogP contribution in [0.15, 0.2) is 66.2 Å². The fourth-order valence-electron chi connectivity index (χ4n) is 4.04. The molecule has 8 heteroatoms. The van der Waals surface area contributed by atoms with E-state index < -0.39 is 11.6 Å². The van der Waals surface area contributed by atoms with Gasteiger partial charge in [0, 0.05) is 19.7 Å². The van der Waals surface area contributed by atoms with E-state index in [0.717, 1.165) is 61.9 Å². The summed E-state index contributed by atoms with van der Waals surface area (Å²) in [7, 11) is 0. The number of nitrogens with two attached hydrogens (primary N) is 1. The van der Waals surface area contributed by atoms with Crippen molar-refractivity contribution < 1.29 is 8.78 Å². The van der Waals surface area contributed by atoms with Crippen molar-refractivity contribution in [2.45, 2.75) is 39.0 Å². The molecule has 0 bridgehead atoms. The summed E-state index contributed by atoms with van der Waals surface area (Å²) in [4.78, 5) is 11.1. The lowest BCUT2D eigenvalue weighted by molar-refractivity contribution is 0.290. The van der Waals surface area contributed by atoms with Crippen molar-refractivity contribution in [1.82, 2.24) is 20.2 Å². The van der Waals surface area contributed by atoms with Gasteiger partial charge in [0.05, 0.1) is 34.5 Å². The summed E-state index contributed by atoms with van der Waals surface area (Å²) in [6.45, 7) is 11.5. The van der Waals surface area contributed by atoms with Gasteiger partial charge in [-0.1, -0.05) is 18.7 Å². The van der Waals surface area contributed by atoms with Gasteiger partial charge in [0.25, 0.3) is 0 Å². The molecular formula is C27H30F2N6. The minimum absolute atomic E-state index is 0.00111. The van der Waals surface area contributed by atoms with E-state index in [1.807, 2.05) is 13.0 Å². The van der Waals surface area contributed by atoms with Crippen molar-refractivity contribution in [3.8, 4) is 18.0 Å². The fraction of sp³-hybridized carbons (Fsp3) is 0.296. The molecule has 1 aromatic heterocycles. The van der Waals surface area contributed by atoms with Crippen molar-refractivity contribution in [1.29, 1.82) is 5.26 Å². The molecular weight excluding hydrogens is 446 g/mol. The largest absolute Gasteiger partial charge is 0.396 e. The molecule has 182 valence electrons. The van der Waals surface area contributed by atoms with Crippen LogP contribution in [-0.2, 0) is 0 Å². The van der Waals surface area contributed by atoms with Crippen molar-refractivity contribution in [3.05, 3.63) is 83.5 Å². The minimum atomic E-state index is -0.978. The molecule has 1 saturated heterocycles. The number of likely N-dealkylation sites (tertiary alicyclic amines) is 1. The quantitative estimate of drug-likeness (QED) is 0.498. The summed E-state index contributed by atoms with van der Waals surface area (Å²) in [5.41, 5.74) is 11.0. The molecule has 35 heavy (non-hydrogen) atoms. The van der Waals surface area contributed by atoms with E-state index in [1.165, 1.54) is 30.3 Å². The molecule has 2 aliphatic rings. The van der Waals surface area contributed by atoms with Gasteiger partial charge in [-0.2, -0.15) is 0 Å². The number of benzene rings is 1. The number of nitrogens with one attached hydrogen (secondary N) is 1. The molecule has 1 aliphatic carbocycles. The third-order valence-electron chi connectivity index (χ3n) is 5.86. The smallest absolute Gasteiger partial charge is 0.169 e. The summed E-state index contributed by atoms with van der Waals surface area (Å²) < 4.78 is 28.2. The Labute approximate surface area is 205 Å². The molecule has 1 aromatic carbocycles. The first-order valence-corrected chi connectivity index (χ1v) is 11.6.